The molecule has 0 atom stereocenters. The SMILES string of the molecule is CNCCCN(C)S(=O)(=O)c1c(C)n[nH]c1C. The van der Waals surface area contributed by atoms with Gasteiger partial charge in [-0.25, -0.2) is 12.7 Å². The fourth-order valence-corrected chi connectivity index (χ4v) is 3.21. The molecule has 98 valence electrons. The number of sulfonamides is 1. The van der Waals surface area contributed by atoms with Gasteiger partial charge in [-0.2, -0.15) is 5.10 Å². The van der Waals surface area contributed by atoms with Crippen molar-refractivity contribution in [3.8, 4) is 0 Å². The lowest BCUT2D eigenvalue weighted by molar-refractivity contribution is 0.457. The van der Waals surface area contributed by atoms with Crippen LogP contribution in [-0.4, -0.2) is 50.1 Å². The van der Waals surface area contributed by atoms with Crippen molar-refractivity contribution in [3.05, 3.63) is 11.4 Å². The van der Waals surface area contributed by atoms with Crippen molar-refractivity contribution in [3.63, 3.8) is 0 Å². The van der Waals surface area contributed by atoms with E-state index in [4.69, 9.17) is 0 Å². The fourth-order valence-electron chi connectivity index (χ4n) is 1.68. The predicted molar refractivity (Wildman–Crippen MR) is 66.4 cm³/mol. The van der Waals surface area contributed by atoms with Crippen molar-refractivity contribution in [1.29, 1.82) is 0 Å². The maximum Gasteiger partial charge on any atom is 0.246 e. The van der Waals surface area contributed by atoms with Crippen LogP contribution < -0.4 is 5.32 Å². The first kappa shape index (κ1) is 14.1. The van der Waals surface area contributed by atoms with Crippen LogP contribution in [0.3, 0.4) is 0 Å². The van der Waals surface area contributed by atoms with E-state index < -0.39 is 10.0 Å². The molecular formula is C10H20N4O2S. The Morgan fingerprint density at radius 1 is 1.41 bits per heavy atom. The molecular weight excluding hydrogens is 240 g/mol. The monoisotopic (exact) mass is 260 g/mol. The number of aryl methyl sites for hydroxylation is 2. The molecule has 7 heteroatoms. The summed E-state index contributed by atoms with van der Waals surface area (Å²) in [5.74, 6) is 0. The molecule has 0 unspecified atom stereocenters. The van der Waals surface area contributed by atoms with Gasteiger partial charge in [-0.3, -0.25) is 5.10 Å². The molecule has 0 bridgehead atoms. The van der Waals surface area contributed by atoms with Crippen LogP contribution >= 0.6 is 0 Å². The minimum Gasteiger partial charge on any atom is -0.320 e. The Morgan fingerprint density at radius 3 is 2.53 bits per heavy atom. The van der Waals surface area contributed by atoms with Gasteiger partial charge in [0.1, 0.15) is 4.90 Å². The van der Waals surface area contributed by atoms with Crippen molar-refractivity contribution in [2.24, 2.45) is 0 Å². The molecule has 0 spiro atoms. The number of rotatable bonds is 6. The van der Waals surface area contributed by atoms with E-state index in [0.29, 0.717) is 22.8 Å². The second-order valence-electron chi connectivity index (χ2n) is 4.05. The Balaban J connectivity index is 2.88. The molecule has 1 rings (SSSR count). The van der Waals surface area contributed by atoms with Crippen LogP contribution in [0.4, 0.5) is 0 Å². The quantitative estimate of drug-likeness (QED) is 0.719. The number of nitrogens with one attached hydrogen (secondary N) is 2. The van der Waals surface area contributed by atoms with Gasteiger partial charge in [0.15, 0.2) is 0 Å². The highest BCUT2D eigenvalue weighted by Crippen LogP contribution is 2.20. The summed E-state index contributed by atoms with van der Waals surface area (Å²) in [5, 5.41) is 9.61. The summed E-state index contributed by atoms with van der Waals surface area (Å²) in [7, 11) is 0.0146. The van der Waals surface area contributed by atoms with Gasteiger partial charge in [0.25, 0.3) is 0 Å². The van der Waals surface area contributed by atoms with Crippen LogP contribution in [0.5, 0.6) is 0 Å². The summed E-state index contributed by atoms with van der Waals surface area (Å²) in [4.78, 5) is 0.296. The molecule has 0 saturated carbocycles. The second kappa shape index (κ2) is 5.61. The van der Waals surface area contributed by atoms with Gasteiger partial charge in [-0.1, -0.05) is 0 Å². The van der Waals surface area contributed by atoms with Crippen LogP contribution in [0.1, 0.15) is 17.8 Å². The van der Waals surface area contributed by atoms with Crippen LogP contribution in [0.15, 0.2) is 4.90 Å². The first-order chi connectivity index (χ1) is 7.91. The summed E-state index contributed by atoms with van der Waals surface area (Å²) in [6.45, 7) is 4.70. The lowest BCUT2D eigenvalue weighted by Crippen LogP contribution is -2.30. The van der Waals surface area contributed by atoms with Gasteiger partial charge in [-0.05, 0) is 33.9 Å². The molecule has 0 amide bonds. The van der Waals surface area contributed by atoms with Crippen LogP contribution in [0.25, 0.3) is 0 Å². The highest BCUT2D eigenvalue weighted by molar-refractivity contribution is 7.89. The number of nitrogens with zero attached hydrogens (tertiary/aromatic N) is 2. The van der Waals surface area contributed by atoms with Crippen LogP contribution in [0, 0.1) is 13.8 Å². The third-order valence-electron chi connectivity index (χ3n) is 2.63. The molecule has 0 radical (unpaired) electrons. The summed E-state index contributed by atoms with van der Waals surface area (Å²) in [5.41, 5.74) is 1.10. The van der Waals surface area contributed by atoms with E-state index in [-0.39, 0.29) is 0 Å². The smallest absolute Gasteiger partial charge is 0.246 e. The molecule has 1 aromatic rings. The summed E-state index contributed by atoms with van der Waals surface area (Å²) < 4.78 is 25.9. The average Bonchev–Trinajstić information content (AvgIpc) is 2.59. The lowest BCUT2D eigenvalue weighted by atomic mass is 10.4. The number of aromatic nitrogens is 2. The van der Waals surface area contributed by atoms with Gasteiger partial charge >= 0.3 is 0 Å². The molecule has 0 aromatic carbocycles. The largest absolute Gasteiger partial charge is 0.320 e. The molecule has 6 nitrogen and oxygen atoms in total. The topological polar surface area (TPSA) is 78.1 Å². The van der Waals surface area contributed by atoms with Gasteiger partial charge in [0.2, 0.25) is 10.0 Å². The molecule has 17 heavy (non-hydrogen) atoms. The van der Waals surface area contributed by atoms with Crippen LogP contribution in [-0.2, 0) is 10.0 Å². The van der Waals surface area contributed by atoms with E-state index in [9.17, 15) is 8.42 Å². The molecule has 0 fully saturated rings. The second-order valence-corrected chi connectivity index (χ2v) is 6.03. The van der Waals surface area contributed by atoms with Crippen molar-refractivity contribution >= 4 is 10.0 Å². The fraction of sp³-hybridized carbons (Fsp3) is 0.700. The minimum atomic E-state index is -3.43. The molecule has 0 aliphatic carbocycles. The summed E-state index contributed by atoms with van der Waals surface area (Å²) in [6, 6.07) is 0. The average molecular weight is 260 g/mol. The highest BCUT2D eigenvalue weighted by Gasteiger charge is 2.26. The summed E-state index contributed by atoms with van der Waals surface area (Å²) in [6.07, 6.45) is 0.780. The van der Waals surface area contributed by atoms with Crippen LogP contribution in [0.2, 0.25) is 0 Å². The maximum absolute atomic E-state index is 12.3. The van der Waals surface area contributed by atoms with Gasteiger partial charge < -0.3 is 5.32 Å². The standard InChI is InChI=1S/C10H20N4O2S/c1-8-10(9(2)13-12-8)17(15,16)14(4)7-5-6-11-3/h11H,5-7H2,1-4H3,(H,12,13). The Labute approximate surface area is 102 Å². The molecule has 0 aliphatic heterocycles. The third kappa shape index (κ3) is 3.05. The Morgan fingerprint density at radius 2 is 2.06 bits per heavy atom. The number of hydrogen-bond acceptors (Lipinski definition) is 4. The molecule has 2 N–H and O–H groups in total. The van der Waals surface area contributed by atoms with Gasteiger partial charge in [-0.15, -0.1) is 0 Å². The van der Waals surface area contributed by atoms with E-state index in [1.807, 2.05) is 7.05 Å². The number of aromatic amines is 1. The maximum atomic E-state index is 12.3. The Hall–Kier alpha value is -0.920. The van der Waals surface area contributed by atoms with Gasteiger partial charge in [0, 0.05) is 13.6 Å². The van der Waals surface area contributed by atoms with E-state index in [0.717, 1.165) is 13.0 Å². The third-order valence-corrected chi connectivity index (χ3v) is 4.75. The normalized spacial score (nSPS) is 12.3. The zero-order chi connectivity index (χ0) is 13.1. The minimum absolute atomic E-state index is 0.296. The van der Waals surface area contributed by atoms with Crippen molar-refractivity contribution < 1.29 is 8.42 Å². The van der Waals surface area contributed by atoms with Crippen molar-refractivity contribution in [2.45, 2.75) is 25.2 Å². The molecule has 1 aromatic heterocycles. The number of H-pyrrole nitrogens is 1. The number of hydrogen-bond donors (Lipinski definition) is 2. The lowest BCUT2D eigenvalue weighted by Gasteiger charge is -2.17. The Bertz CT molecular complexity index is 447. The zero-order valence-electron chi connectivity index (χ0n) is 10.7. The first-order valence-electron chi connectivity index (χ1n) is 5.53. The van der Waals surface area contributed by atoms with E-state index in [1.54, 1.807) is 20.9 Å². The Kier molecular flexibility index (Phi) is 4.67. The molecule has 0 saturated heterocycles. The summed E-state index contributed by atoms with van der Waals surface area (Å²) >= 11 is 0. The zero-order valence-corrected chi connectivity index (χ0v) is 11.6. The van der Waals surface area contributed by atoms with Crippen molar-refractivity contribution in [2.75, 3.05) is 27.2 Å². The van der Waals surface area contributed by atoms with E-state index in [1.165, 1.54) is 4.31 Å². The van der Waals surface area contributed by atoms with Gasteiger partial charge in [0.05, 0.1) is 11.4 Å². The first-order valence-corrected chi connectivity index (χ1v) is 6.97. The van der Waals surface area contributed by atoms with E-state index >= 15 is 0 Å². The van der Waals surface area contributed by atoms with E-state index in [2.05, 4.69) is 15.5 Å². The van der Waals surface area contributed by atoms with Crippen molar-refractivity contribution in [1.82, 2.24) is 19.8 Å². The predicted octanol–water partition coefficient (Wildman–Crippen LogP) is 0.257. The highest BCUT2D eigenvalue weighted by atomic mass is 32.2. The molecule has 1 heterocycles. The molecule has 0 aliphatic rings.